The van der Waals surface area contributed by atoms with Gasteiger partial charge in [-0.25, -0.2) is 4.98 Å². The van der Waals surface area contributed by atoms with E-state index < -0.39 is 0 Å². The van der Waals surface area contributed by atoms with E-state index in [9.17, 15) is 5.11 Å². The molecule has 0 atom stereocenters. The van der Waals surface area contributed by atoms with Crippen molar-refractivity contribution in [2.24, 2.45) is 0 Å². The Kier molecular flexibility index (Phi) is 5.39. The van der Waals surface area contributed by atoms with Gasteiger partial charge in [-0.2, -0.15) is 0 Å². The van der Waals surface area contributed by atoms with Crippen LogP contribution < -0.4 is 4.74 Å². The molecule has 0 saturated carbocycles. The molecule has 0 saturated heterocycles. The fraction of sp³-hybridized carbons (Fsp3) is 0.312. The fourth-order valence-electron chi connectivity index (χ4n) is 1.94. The van der Waals surface area contributed by atoms with Gasteiger partial charge in [0.1, 0.15) is 6.61 Å². The molecular formula is C16H18ClNO2. The van der Waals surface area contributed by atoms with Crippen LogP contribution in [0.5, 0.6) is 5.88 Å². The summed E-state index contributed by atoms with van der Waals surface area (Å²) in [4.78, 5) is 4.44. The molecule has 1 aromatic heterocycles. The average molecular weight is 292 g/mol. The molecule has 0 spiro atoms. The highest BCUT2D eigenvalue weighted by atomic mass is 35.5. The molecule has 0 aliphatic heterocycles. The molecule has 3 nitrogen and oxygen atoms in total. The van der Waals surface area contributed by atoms with Crippen molar-refractivity contribution in [1.29, 1.82) is 0 Å². The third kappa shape index (κ3) is 3.95. The minimum absolute atomic E-state index is 0.0122. The maximum absolute atomic E-state index is 9.28. The van der Waals surface area contributed by atoms with Crippen molar-refractivity contribution in [3.05, 3.63) is 58.2 Å². The summed E-state index contributed by atoms with van der Waals surface area (Å²) in [5, 5.41) is 9.96. The monoisotopic (exact) mass is 291 g/mol. The molecule has 2 rings (SSSR count). The Balaban J connectivity index is 2.12. The van der Waals surface area contributed by atoms with Crippen LogP contribution >= 0.6 is 11.6 Å². The Morgan fingerprint density at radius 2 is 2.05 bits per heavy atom. The number of halogens is 1. The number of aliphatic hydroxyl groups is 1. The number of pyridine rings is 1. The first kappa shape index (κ1) is 14.8. The van der Waals surface area contributed by atoms with Gasteiger partial charge in [0, 0.05) is 22.3 Å². The van der Waals surface area contributed by atoms with Crippen LogP contribution in [0.15, 0.2) is 36.4 Å². The van der Waals surface area contributed by atoms with Crippen molar-refractivity contribution in [1.82, 2.24) is 4.98 Å². The topological polar surface area (TPSA) is 42.4 Å². The van der Waals surface area contributed by atoms with Crippen LogP contribution in [-0.4, -0.2) is 10.1 Å². The van der Waals surface area contributed by atoms with Gasteiger partial charge in [-0.15, -0.1) is 0 Å². The molecule has 0 bridgehead atoms. The van der Waals surface area contributed by atoms with Gasteiger partial charge in [-0.05, 0) is 24.1 Å². The van der Waals surface area contributed by atoms with E-state index in [1.165, 1.54) is 0 Å². The lowest BCUT2D eigenvalue weighted by Crippen LogP contribution is -2.01. The molecular weight excluding hydrogens is 274 g/mol. The second kappa shape index (κ2) is 7.27. The van der Waals surface area contributed by atoms with Crippen molar-refractivity contribution < 1.29 is 9.84 Å². The van der Waals surface area contributed by atoms with E-state index in [1.807, 2.05) is 30.3 Å². The Morgan fingerprint density at radius 1 is 1.25 bits per heavy atom. The molecule has 0 fully saturated rings. The van der Waals surface area contributed by atoms with Gasteiger partial charge in [-0.3, -0.25) is 0 Å². The summed E-state index contributed by atoms with van der Waals surface area (Å²) >= 11 is 6.09. The smallest absolute Gasteiger partial charge is 0.214 e. The highest BCUT2D eigenvalue weighted by Gasteiger charge is 2.05. The van der Waals surface area contributed by atoms with Crippen molar-refractivity contribution in [2.75, 3.05) is 0 Å². The molecule has 20 heavy (non-hydrogen) atoms. The van der Waals surface area contributed by atoms with Crippen molar-refractivity contribution in [2.45, 2.75) is 33.0 Å². The molecule has 1 aromatic carbocycles. The third-order valence-corrected chi connectivity index (χ3v) is 3.31. The van der Waals surface area contributed by atoms with Gasteiger partial charge < -0.3 is 9.84 Å². The van der Waals surface area contributed by atoms with Crippen LogP contribution in [0, 0.1) is 0 Å². The molecule has 4 heteroatoms. The van der Waals surface area contributed by atoms with Gasteiger partial charge >= 0.3 is 0 Å². The number of nitrogens with zero attached hydrogens (tertiary/aromatic N) is 1. The Labute approximate surface area is 124 Å². The lowest BCUT2D eigenvalue weighted by Gasteiger charge is -2.10. The van der Waals surface area contributed by atoms with Crippen molar-refractivity contribution in [3.63, 3.8) is 0 Å². The van der Waals surface area contributed by atoms with Gasteiger partial charge in [0.05, 0.1) is 6.61 Å². The van der Waals surface area contributed by atoms with Crippen LogP contribution in [0.4, 0.5) is 0 Å². The summed E-state index contributed by atoms with van der Waals surface area (Å²) in [6.07, 6.45) is 1.88. The number of aryl methyl sites for hydroxylation is 1. The fourth-order valence-corrected chi connectivity index (χ4v) is 2.13. The van der Waals surface area contributed by atoms with Crippen LogP contribution in [0.2, 0.25) is 5.02 Å². The number of ether oxygens (including phenoxy) is 1. The zero-order chi connectivity index (χ0) is 14.4. The predicted molar refractivity (Wildman–Crippen MR) is 79.9 cm³/mol. The van der Waals surface area contributed by atoms with Crippen LogP contribution in [-0.2, 0) is 19.6 Å². The van der Waals surface area contributed by atoms with E-state index in [-0.39, 0.29) is 6.61 Å². The third-order valence-electron chi connectivity index (χ3n) is 2.94. The zero-order valence-electron chi connectivity index (χ0n) is 11.5. The minimum atomic E-state index is -0.0122. The average Bonchev–Trinajstić information content (AvgIpc) is 2.46. The second-order valence-corrected chi connectivity index (χ2v) is 5.00. The number of aromatic nitrogens is 1. The Bertz CT molecular complexity index is 572. The summed E-state index contributed by atoms with van der Waals surface area (Å²) in [6.45, 7) is 2.45. The molecule has 106 valence electrons. The quantitative estimate of drug-likeness (QED) is 0.881. The molecule has 0 radical (unpaired) electrons. The number of hydrogen-bond acceptors (Lipinski definition) is 3. The van der Waals surface area contributed by atoms with Crippen molar-refractivity contribution >= 4 is 11.6 Å². The van der Waals surface area contributed by atoms with E-state index >= 15 is 0 Å². The van der Waals surface area contributed by atoms with Gasteiger partial charge in [0.15, 0.2) is 0 Å². The molecule has 0 unspecified atom stereocenters. The minimum Gasteiger partial charge on any atom is -0.473 e. The lowest BCUT2D eigenvalue weighted by molar-refractivity contribution is 0.274. The highest BCUT2D eigenvalue weighted by Crippen LogP contribution is 2.19. The van der Waals surface area contributed by atoms with Crippen LogP contribution in [0.25, 0.3) is 0 Å². The van der Waals surface area contributed by atoms with E-state index in [1.54, 1.807) is 6.07 Å². The molecule has 0 aliphatic carbocycles. The highest BCUT2D eigenvalue weighted by molar-refractivity contribution is 6.31. The molecule has 0 aliphatic rings. The first-order valence-electron chi connectivity index (χ1n) is 6.70. The van der Waals surface area contributed by atoms with Gasteiger partial charge in [-0.1, -0.05) is 43.1 Å². The van der Waals surface area contributed by atoms with Gasteiger partial charge in [0.2, 0.25) is 5.88 Å². The number of rotatable bonds is 6. The van der Waals surface area contributed by atoms with E-state index in [0.717, 1.165) is 29.7 Å². The molecule has 2 aromatic rings. The maximum Gasteiger partial charge on any atom is 0.214 e. The second-order valence-electron chi connectivity index (χ2n) is 4.59. The molecule has 1 heterocycles. The zero-order valence-corrected chi connectivity index (χ0v) is 12.2. The molecule has 1 N–H and O–H groups in total. The standard InChI is InChI=1S/C16H18ClNO2/c1-2-5-14-8-12(10-19)9-16(18-14)20-11-13-6-3-4-7-15(13)17/h3-4,6-9,19H,2,5,10-11H2,1H3. The summed E-state index contributed by atoms with van der Waals surface area (Å²) in [6, 6.07) is 11.2. The summed E-state index contributed by atoms with van der Waals surface area (Å²) in [7, 11) is 0. The first-order valence-corrected chi connectivity index (χ1v) is 7.07. The normalized spacial score (nSPS) is 10.6. The van der Waals surface area contributed by atoms with Gasteiger partial charge in [0.25, 0.3) is 0 Å². The Morgan fingerprint density at radius 3 is 2.75 bits per heavy atom. The van der Waals surface area contributed by atoms with E-state index in [0.29, 0.717) is 17.5 Å². The SMILES string of the molecule is CCCc1cc(CO)cc(OCc2ccccc2Cl)n1. The Hall–Kier alpha value is -1.58. The largest absolute Gasteiger partial charge is 0.473 e. The maximum atomic E-state index is 9.28. The summed E-state index contributed by atoms with van der Waals surface area (Å²) in [5.41, 5.74) is 2.67. The first-order chi connectivity index (χ1) is 9.72. The summed E-state index contributed by atoms with van der Waals surface area (Å²) < 4.78 is 5.70. The van der Waals surface area contributed by atoms with E-state index in [4.69, 9.17) is 16.3 Å². The molecule has 0 amide bonds. The number of benzene rings is 1. The predicted octanol–water partition coefficient (Wildman–Crippen LogP) is 3.76. The van der Waals surface area contributed by atoms with Crippen LogP contribution in [0.1, 0.15) is 30.2 Å². The number of hydrogen-bond donors (Lipinski definition) is 1. The number of aliphatic hydroxyl groups excluding tert-OH is 1. The van der Waals surface area contributed by atoms with Crippen LogP contribution in [0.3, 0.4) is 0 Å². The summed E-state index contributed by atoms with van der Waals surface area (Å²) in [5.74, 6) is 0.528. The lowest BCUT2D eigenvalue weighted by atomic mass is 10.2. The van der Waals surface area contributed by atoms with Crippen molar-refractivity contribution in [3.8, 4) is 5.88 Å². The van der Waals surface area contributed by atoms with E-state index in [2.05, 4.69) is 11.9 Å².